The number of hydrogen-bond acceptors (Lipinski definition) is 0. The SMILES string of the molecule is C=CC1C=CC=CC=CC=CC1C=C. The average Bonchev–Trinajstić information content (AvgIpc) is 2.24. The maximum Gasteiger partial charge on any atom is 0.00446 e. The molecule has 0 N–H and O–H groups in total. The molecule has 1 aliphatic rings. The molecule has 0 aromatic carbocycles. The summed E-state index contributed by atoms with van der Waals surface area (Å²) in [4.78, 5) is 0. The molecule has 0 fully saturated rings. The van der Waals surface area contributed by atoms with Crippen molar-refractivity contribution in [2.75, 3.05) is 0 Å². The summed E-state index contributed by atoms with van der Waals surface area (Å²) in [5.74, 6) is 0.666. The molecule has 0 spiro atoms. The fourth-order valence-electron chi connectivity index (χ4n) is 1.37. The summed E-state index contributed by atoms with van der Waals surface area (Å²) in [5.41, 5.74) is 0. The number of hydrogen-bond donors (Lipinski definition) is 0. The van der Waals surface area contributed by atoms with Gasteiger partial charge in [-0.15, -0.1) is 13.2 Å². The van der Waals surface area contributed by atoms with E-state index in [1.54, 1.807) is 0 Å². The summed E-state index contributed by atoms with van der Waals surface area (Å²) in [6.45, 7) is 7.67. The molecule has 2 atom stereocenters. The van der Waals surface area contributed by atoms with E-state index in [4.69, 9.17) is 0 Å². The standard InChI is InChI=1S/C14H16/c1-3-13-11-9-7-5-6-8-10-12-14(13)4-2/h3-14H,1-2H2. The summed E-state index contributed by atoms with van der Waals surface area (Å²) in [6, 6.07) is 0. The van der Waals surface area contributed by atoms with E-state index < -0.39 is 0 Å². The van der Waals surface area contributed by atoms with Crippen LogP contribution in [0.2, 0.25) is 0 Å². The Morgan fingerprint density at radius 2 is 1.00 bits per heavy atom. The Morgan fingerprint density at radius 1 is 0.643 bits per heavy atom. The van der Waals surface area contributed by atoms with Gasteiger partial charge in [-0.1, -0.05) is 60.8 Å². The second-order valence-corrected chi connectivity index (χ2v) is 3.17. The lowest BCUT2D eigenvalue weighted by molar-refractivity contribution is 0.678. The number of allylic oxidation sites excluding steroid dienone is 10. The molecule has 0 heterocycles. The molecule has 0 bridgehead atoms. The quantitative estimate of drug-likeness (QED) is 0.572. The Hall–Kier alpha value is -1.56. The van der Waals surface area contributed by atoms with E-state index in [-0.39, 0.29) is 0 Å². The molecule has 72 valence electrons. The molecule has 0 saturated carbocycles. The van der Waals surface area contributed by atoms with Gasteiger partial charge in [-0.2, -0.15) is 0 Å². The van der Waals surface area contributed by atoms with Gasteiger partial charge in [0.25, 0.3) is 0 Å². The number of rotatable bonds is 2. The molecule has 0 nitrogen and oxygen atoms in total. The predicted molar refractivity (Wildman–Crippen MR) is 63.9 cm³/mol. The monoisotopic (exact) mass is 184 g/mol. The minimum absolute atomic E-state index is 0.333. The first-order valence-electron chi connectivity index (χ1n) is 4.82. The zero-order valence-corrected chi connectivity index (χ0v) is 8.34. The van der Waals surface area contributed by atoms with Crippen LogP contribution < -0.4 is 0 Å². The van der Waals surface area contributed by atoms with Gasteiger partial charge in [-0.05, 0) is 0 Å². The molecule has 0 aromatic heterocycles. The van der Waals surface area contributed by atoms with E-state index in [2.05, 4.69) is 25.3 Å². The van der Waals surface area contributed by atoms with Gasteiger partial charge in [0.15, 0.2) is 0 Å². The summed E-state index contributed by atoms with van der Waals surface area (Å²) >= 11 is 0. The molecular weight excluding hydrogens is 168 g/mol. The van der Waals surface area contributed by atoms with Gasteiger partial charge < -0.3 is 0 Å². The van der Waals surface area contributed by atoms with Crippen molar-refractivity contribution in [2.45, 2.75) is 0 Å². The molecule has 0 aliphatic heterocycles. The Bertz CT molecular complexity index is 268. The molecule has 1 rings (SSSR count). The van der Waals surface area contributed by atoms with Crippen molar-refractivity contribution in [1.29, 1.82) is 0 Å². The normalized spacial score (nSPS) is 26.0. The highest BCUT2D eigenvalue weighted by atomic mass is 14.1. The van der Waals surface area contributed by atoms with E-state index in [0.29, 0.717) is 11.8 Å². The van der Waals surface area contributed by atoms with Crippen LogP contribution in [0.5, 0.6) is 0 Å². The molecule has 0 amide bonds. The molecule has 0 heteroatoms. The lowest BCUT2D eigenvalue weighted by Crippen LogP contribution is -2.04. The zero-order chi connectivity index (χ0) is 10.2. The summed E-state index contributed by atoms with van der Waals surface area (Å²) in [5, 5.41) is 0. The van der Waals surface area contributed by atoms with Crippen LogP contribution in [0.25, 0.3) is 0 Å². The topological polar surface area (TPSA) is 0 Å². The Morgan fingerprint density at radius 3 is 1.36 bits per heavy atom. The van der Waals surface area contributed by atoms with Crippen LogP contribution in [-0.4, -0.2) is 0 Å². The summed E-state index contributed by atoms with van der Waals surface area (Å²) in [6.07, 6.45) is 20.3. The lowest BCUT2D eigenvalue weighted by Gasteiger charge is -2.13. The summed E-state index contributed by atoms with van der Waals surface area (Å²) < 4.78 is 0. The highest BCUT2D eigenvalue weighted by Crippen LogP contribution is 2.18. The molecule has 2 unspecified atom stereocenters. The van der Waals surface area contributed by atoms with E-state index in [1.165, 1.54) is 0 Å². The van der Waals surface area contributed by atoms with Crippen molar-refractivity contribution in [3.05, 3.63) is 73.9 Å². The van der Waals surface area contributed by atoms with Gasteiger partial charge in [-0.25, -0.2) is 0 Å². The molecule has 0 radical (unpaired) electrons. The van der Waals surface area contributed by atoms with Crippen molar-refractivity contribution in [2.24, 2.45) is 11.8 Å². The van der Waals surface area contributed by atoms with Gasteiger partial charge in [0, 0.05) is 11.8 Å². The van der Waals surface area contributed by atoms with Gasteiger partial charge >= 0.3 is 0 Å². The Labute approximate surface area is 86.3 Å². The van der Waals surface area contributed by atoms with Crippen LogP contribution >= 0.6 is 0 Å². The van der Waals surface area contributed by atoms with Gasteiger partial charge in [0.1, 0.15) is 0 Å². The second kappa shape index (κ2) is 5.98. The van der Waals surface area contributed by atoms with Crippen LogP contribution in [-0.2, 0) is 0 Å². The van der Waals surface area contributed by atoms with Crippen LogP contribution in [0.3, 0.4) is 0 Å². The van der Waals surface area contributed by atoms with Crippen LogP contribution in [0.1, 0.15) is 0 Å². The van der Waals surface area contributed by atoms with E-state index in [0.717, 1.165) is 0 Å². The predicted octanol–water partition coefficient (Wildman–Crippen LogP) is 3.83. The summed E-state index contributed by atoms with van der Waals surface area (Å²) in [7, 11) is 0. The first-order valence-corrected chi connectivity index (χ1v) is 4.82. The first kappa shape index (κ1) is 10.5. The maximum atomic E-state index is 3.83. The minimum atomic E-state index is 0.333. The largest absolute Gasteiger partial charge is 0.102 e. The van der Waals surface area contributed by atoms with E-state index in [9.17, 15) is 0 Å². The van der Waals surface area contributed by atoms with Crippen molar-refractivity contribution >= 4 is 0 Å². The van der Waals surface area contributed by atoms with Crippen molar-refractivity contribution in [1.82, 2.24) is 0 Å². The van der Waals surface area contributed by atoms with Crippen molar-refractivity contribution in [3.63, 3.8) is 0 Å². The first-order chi connectivity index (χ1) is 6.88. The smallest absolute Gasteiger partial charge is 0.00446 e. The highest BCUT2D eigenvalue weighted by molar-refractivity contribution is 5.22. The molecule has 14 heavy (non-hydrogen) atoms. The molecule has 1 aliphatic carbocycles. The fourth-order valence-corrected chi connectivity index (χ4v) is 1.37. The van der Waals surface area contributed by atoms with Crippen LogP contribution in [0.4, 0.5) is 0 Å². The third-order valence-corrected chi connectivity index (χ3v) is 2.21. The van der Waals surface area contributed by atoms with E-state index in [1.807, 2.05) is 48.6 Å². The van der Waals surface area contributed by atoms with Crippen molar-refractivity contribution in [3.8, 4) is 0 Å². The Balaban J connectivity index is 2.90. The van der Waals surface area contributed by atoms with Gasteiger partial charge in [0.2, 0.25) is 0 Å². The second-order valence-electron chi connectivity index (χ2n) is 3.17. The van der Waals surface area contributed by atoms with Gasteiger partial charge in [0.05, 0.1) is 0 Å². The zero-order valence-electron chi connectivity index (χ0n) is 8.34. The van der Waals surface area contributed by atoms with Crippen molar-refractivity contribution < 1.29 is 0 Å². The molecular formula is C14H16. The maximum absolute atomic E-state index is 3.83. The van der Waals surface area contributed by atoms with Gasteiger partial charge in [-0.3, -0.25) is 0 Å². The molecule has 0 aromatic rings. The van der Waals surface area contributed by atoms with E-state index >= 15 is 0 Å². The van der Waals surface area contributed by atoms with Crippen LogP contribution in [0, 0.1) is 11.8 Å². The third kappa shape index (κ3) is 3.06. The minimum Gasteiger partial charge on any atom is -0.102 e. The lowest BCUT2D eigenvalue weighted by atomic mass is 9.91. The van der Waals surface area contributed by atoms with Crippen LogP contribution in [0.15, 0.2) is 73.9 Å². The highest BCUT2D eigenvalue weighted by Gasteiger charge is 2.08. The molecule has 0 saturated heterocycles. The Kier molecular flexibility index (Phi) is 4.49. The third-order valence-electron chi connectivity index (χ3n) is 2.21. The fraction of sp³-hybridized carbons (Fsp3) is 0.143. The average molecular weight is 184 g/mol.